The molecule has 0 unspecified atom stereocenters. The molecule has 0 bridgehead atoms. The number of nitrogen functional groups attached to an aromatic ring is 1. The number of benzene rings is 1. The zero-order valence-corrected chi connectivity index (χ0v) is 11.9. The summed E-state index contributed by atoms with van der Waals surface area (Å²) in [5.74, 6) is 0. The quantitative estimate of drug-likeness (QED) is 0.615. The van der Waals surface area contributed by atoms with Crippen LogP contribution in [0.25, 0.3) is 0 Å². The Hall–Kier alpha value is -1.28. The second-order valence-corrected chi connectivity index (χ2v) is 5.75. The number of aryl methyl sites for hydroxylation is 1. The molecule has 100 valence electrons. The molecule has 0 heterocycles. The molecule has 0 spiro atoms. The molecule has 0 atom stereocenters. The van der Waals surface area contributed by atoms with Gasteiger partial charge in [-0.2, -0.15) is 0 Å². The molecule has 2 heteroatoms. The molecule has 1 aromatic carbocycles. The number of rotatable bonds is 6. The predicted octanol–water partition coefficient (Wildman–Crippen LogP) is 3.49. The van der Waals surface area contributed by atoms with Crippen LogP contribution in [-0.4, -0.2) is 23.5 Å². The largest absolute Gasteiger partial charge is 0.399 e. The summed E-state index contributed by atoms with van der Waals surface area (Å²) >= 11 is 0. The molecule has 18 heavy (non-hydrogen) atoms. The molecule has 0 fully saturated rings. The van der Waals surface area contributed by atoms with Crippen LogP contribution in [0.5, 0.6) is 0 Å². The highest BCUT2D eigenvalue weighted by atomic mass is 15.2. The molecule has 2 N–H and O–H groups in total. The maximum absolute atomic E-state index is 5.68. The zero-order valence-electron chi connectivity index (χ0n) is 11.9. The summed E-state index contributed by atoms with van der Waals surface area (Å²) in [6.45, 7) is 12.6. The third-order valence-electron chi connectivity index (χ3n) is 3.17. The van der Waals surface area contributed by atoms with Crippen LogP contribution in [0.2, 0.25) is 0 Å². The van der Waals surface area contributed by atoms with Crippen molar-refractivity contribution in [3.8, 4) is 0 Å². The Morgan fingerprint density at radius 1 is 1.22 bits per heavy atom. The van der Waals surface area contributed by atoms with Gasteiger partial charge in [0.15, 0.2) is 0 Å². The van der Waals surface area contributed by atoms with Crippen molar-refractivity contribution in [1.29, 1.82) is 0 Å². The minimum Gasteiger partial charge on any atom is -0.399 e. The van der Waals surface area contributed by atoms with E-state index in [1.165, 1.54) is 5.56 Å². The van der Waals surface area contributed by atoms with E-state index in [1.807, 2.05) is 18.2 Å². The van der Waals surface area contributed by atoms with Crippen LogP contribution in [0.15, 0.2) is 36.9 Å². The zero-order chi connectivity index (χ0) is 13.6. The first-order valence-corrected chi connectivity index (χ1v) is 6.64. The van der Waals surface area contributed by atoms with E-state index in [0.29, 0.717) is 0 Å². The molecule has 0 saturated heterocycles. The van der Waals surface area contributed by atoms with Crippen molar-refractivity contribution >= 4 is 5.69 Å². The monoisotopic (exact) mass is 246 g/mol. The second kappa shape index (κ2) is 6.60. The van der Waals surface area contributed by atoms with Gasteiger partial charge in [0, 0.05) is 17.8 Å². The van der Waals surface area contributed by atoms with Crippen LogP contribution < -0.4 is 5.73 Å². The van der Waals surface area contributed by atoms with Crippen molar-refractivity contribution in [3.05, 3.63) is 42.5 Å². The summed E-state index contributed by atoms with van der Waals surface area (Å²) in [6, 6.07) is 8.18. The van der Waals surface area contributed by atoms with Crippen LogP contribution in [0.3, 0.4) is 0 Å². The molecule has 0 aromatic heterocycles. The topological polar surface area (TPSA) is 29.3 Å². The van der Waals surface area contributed by atoms with E-state index in [4.69, 9.17) is 5.73 Å². The number of anilines is 1. The summed E-state index contributed by atoms with van der Waals surface area (Å²) in [5, 5.41) is 0. The molecule has 0 aliphatic rings. The first kappa shape index (κ1) is 14.8. The van der Waals surface area contributed by atoms with Gasteiger partial charge in [-0.15, -0.1) is 6.58 Å². The Morgan fingerprint density at radius 3 is 2.33 bits per heavy atom. The molecule has 2 nitrogen and oxygen atoms in total. The lowest BCUT2D eigenvalue weighted by Crippen LogP contribution is -2.42. The standard InChI is InChI=1S/C16H26N2/c1-5-12-18(16(2,3)4)13-6-7-14-8-10-15(17)11-9-14/h5,8-11H,1,6-7,12-13,17H2,2-4H3. The van der Waals surface area contributed by atoms with Crippen molar-refractivity contribution in [2.24, 2.45) is 0 Å². The minimum absolute atomic E-state index is 0.204. The van der Waals surface area contributed by atoms with Crippen LogP contribution in [0.4, 0.5) is 5.69 Å². The Kier molecular flexibility index (Phi) is 5.42. The lowest BCUT2D eigenvalue weighted by atomic mass is 10.0. The Bertz CT molecular complexity index is 360. The number of nitrogens with two attached hydrogens (primary N) is 1. The highest BCUT2D eigenvalue weighted by Gasteiger charge is 2.18. The highest BCUT2D eigenvalue weighted by Crippen LogP contribution is 2.15. The van der Waals surface area contributed by atoms with Crippen LogP contribution >= 0.6 is 0 Å². The predicted molar refractivity (Wildman–Crippen MR) is 80.7 cm³/mol. The van der Waals surface area contributed by atoms with Crippen molar-refractivity contribution in [3.63, 3.8) is 0 Å². The number of hydrogen-bond donors (Lipinski definition) is 1. The Morgan fingerprint density at radius 2 is 1.83 bits per heavy atom. The first-order valence-electron chi connectivity index (χ1n) is 6.64. The summed E-state index contributed by atoms with van der Waals surface area (Å²) < 4.78 is 0. The average Bonchev–Trinajstić information content (AvgIpc) is 2.29. The van der Waals surface area contributed by atoms with E-state index in [1.54, 1.807) is 0 Å². The van der Waals surface area contributed by atoms with E-state index in [0.717, 1.165) is 31.6 Å². The smallest absolute Gasteiger partial charge is 0.0314 e. The van der Waals surface area contributed by atoms with Gasteiger partial charge in [-0.1, -0.05) is 18.2 Å². The normalized spacial score (nSPS) is 11.8. The number of hydrogen-bond acceptors (Lipinski definition) is 2. The lowest BCUT2D eigenvalue weighted by molar-refractivity contribution is 0.152. The first-order chi connectivity index (χ1) is 8.43. The van der Waals surface area contributed by atoms with Gasteiger partial charge in [-0.3, -0.25) is 4.90 Å². The molecule has 0 saturated carbocycles. The van der Waals surface area contributed by atoms with Gasteiger partial charge >= 0.3 is 0 Å². The van der Waals surface area contributed by atoms with E-state index >= 15 is 0 Å². The van der Waals surface area contributed by atoms with Gasteiger partial charge in [-0.25, -0.2) is 0 Å². The maximum atomic E-state index is 5.68. The van der Waals surface area contributed by atoms with Crippen molar-refractivity contribution in [2.75, 3.05) is 18.8 Å². The van der Waals surface area contributed by atoms with Gasteiger partial charge in [-0.05, 0) is 57.9 Å². The molecular formula is C16H26N2. The van der Waals surface area contributed by atoms with E-state index in [9.17, 15) is 0 Å². The van der Waals surface area contributed by atoms with Gasteiger partial charge < -0.3 is 5.73 Å². The van der Waals surface area contributed by atoms with Crippen LogP contribution in [-0.2, 0) is 6.42 Å². The summed E-state index contributed by atoms with van der Waals surface area (Å²) in [7, 11) is 0. The fourth-order valence-corrected chi connectivity index (χ4v) is 2.01. The second-order valence-electron chi connectivity index (χ2n) is 5.75. The van der Waals surface area contributed by atoms with Crippen molar-refractivity contribution < 1.29 is 0 Å². The van der Waals surface area contributed by atoms with Crippen molar-refractivity contribution in [1.82, 2.24) is 4.90 Å². The highest BCUT2D eigenvalue weighted by molar-refractivity contribution is 5.39. The van der Waals surface area contributed by atoms with Gasteiger partial charge in [0.1, 0.15) is 0 Å². The average molecular weight is 246 g/mol. The molecular weight excluding hydrogens is 220 g/mol. The molecule has 0 radical (unpaired) electrons. The van der Waals surface area contributed by atoms with Crippen LogP contribution in [0, 0.1) is 0 Å². The molecule has 0 amide bonds. The summed E-state index contributed by atoms with van der Waals surface area (Å²) in [6.07, 6.45) is 4.24. The van der Waals surface area contributed by atoms with E-state index < -0.39 is 0 Å². The van der Waals surface area contributed by atoms with Crippen molar-refractivity contribution in [2.45, 2.75) is 39.2 Å². The van der Waals surface area contributed by atoms with Gasteiger partial charge in [0.2, 0.25) is 0 Å². The molecule has 1 rings (SSSR count). The Balaban J connectivity index is 2.43. The summed E-state index contributed by atoms with van der Waals surface area (Å²) in [4.78, 5) is 2.46. The fourth-order valence-electron chi connectivity index (χ4n) is 2.01. The molecule has 0 aliphatic carbocycles. The van der Waals surface area contributed by atoms with Gasteiger partial charge in [0.05, 0.1) is 0 Å². The lowest BCUT2D eigenvalue weighted by Gasteiger charge is -2.34. The Labute approximate surface area is 111 Å². The SMILES string of the molecule is C=CCN(CCCc1ccc(N)cc1)C(C)(C)C. The number of nitrogens with zero attached hydrogens (tertiary/aromatic N) is 1. The molecule has 0 aliphatic heterocycles. The molecule has 1 aromatic rings. The fraction of sp³-hybridized carbons (Fsp3) is 0.500. The van der Waals surface area contributed by atoms with E-state index in [2.05, 4.69) is 44.4 Å². The summed E-state index contributed by atoms with van der Waals surface area (Å²) in [5.41, 5.74) is 8.08. The third kappa shape index (κ3) is 4.92. The van der Waals surface area contributed by atoms with Crippen LogP contribution in [0.1, 0.15) is 32.8 Å². The van der Waals surface area contributed by atoms with Gasteiger partial charge in [0.25, 0.3) is 0 Å². The third-order valence-corrected chi connectivity index (χ3v) is 3.17. The van der Waals surface area contributed by atoms with E-state index in [-0.39, 0.29) is 5.54 Å². The minimum atomic E-state index is 0.204. The maximum Gasteiger partial charge on any atom is 0.0314 e.